The zero-order valence-electron chi connectivity index (χ0n) is 16.4. The minimum absolute atomic E-state index is 0.205. The first kappa shape index (κ1) is 24.2. The summed E-state index contributed by atoms with van der Waals surface area (Å²) < 4.78 is 73.8. The Morgan fingerprint density at radius 2 is 1.94 bits per heavy atom. The van der Waals surface area contributed by atoms with Crippen molar-refractivity contribution in [2.24, 2.45) is 0 Å². The van der Waals surface area contributed by atoms with E-state index in [1.54, 1.807) is 5.38 Å². The van der Waals surface area contributed by atoms with Crippen molar-refractivity contribution in [3.05, 3.63) is 34.4 Å². The van der Waals surface area contributed by atoms with Gasteiger partial charge in [-0.1, -0.05) is 0 Å². The van der Waals surface area contributed by atoms with Gasteiger partial charge in [0, 0.05) is 23.7 Å². The minimum atomic E-state index is -5.08. The lowest BCUT2D eigenvalue weighted by Gasteiger charge is -2.18. The van der Waals surface area contributed by atoms with Crippen molar-refractivity contribution in [2.45, 2.75) is 42.3 Å². The van der Waals surface area contributed by atoms with Crippen molar-refractivity contribution < 1.29 is 35.9 Å². The monoisotopic (exact) mass is 496 g/mol. The van der Waals surface area contributed by atoms with Gasteiger partial charge in [0.1, 0.15) is 10.7 Å². The molecule has 2 fully saturated rings. The Kier molecular flexibility index (Phi) is 7.25. The molecule has 1 saturated carbocycles. The van der Waals surface area contributed by atoms with Gasteiger partial charge in [0.15, 0.2) is 5.82 Å². The van der Waals surface area contributed by atoms with E-state index in [-0.39, 0.29) is 16.8 Å². The van der Waals surface area contributed by atoms with E-state index >= 15 is 0 Å². The summed E-state index contributed by atoms with van der Waals surface area (Å²) in [5.74, 6) is -3.00. The Labute approximate surface area is 185 Å². The van der Waals surface area contributed by atoms with E-state index in [0.29, 0.717) is 11.6 Å². The number of sulfonamides is 1. The molecular formula is C18H20F4N4O4S2. The standard InChI is InChI=1S/C16H19FN4O2S2.C2HF3O2/c17-13-6-14(20-11-3-4-18-7-11)12(10-1-2-10)5-15(13)25(22,23)21-16-8-24-9-19-16;3-2(4,5)1(6)7/h5-6,8-11,18,20-21H,1-4,7H2;(H,6,7)/t11-;/m0./s1. The fourth-order valence-electron chi connectivity index (χ4n) is 3.09. The van der Waals surface area contributed by atoms with Crippen LogP contribution in [-0.4, -0.2) is 49.8 Å². The van der Waals surface area contributed by atoms with Crippen molar-refractivity contribution in [2.75, 3.05) is 23.1 Å². The van der Waals surface area contributed by atoms with Gasteiger partial charge in [0.2, 0.25) is 0 Å². The van der Waals surface area contributed by atoms with Gasteiger partial charge >= 0.3 is 12.1 Å². The number of carboxylic acids is 1. The molecule has 0 amide bonds. The highest BCUT2D eigenvalue weighted by Gasteiger charge is 2.38. The summed E-state index contributed by atoms with van der Waals surface area (Å²) in [6.07, 6.45) is -2.11. The summed E-state index contributed by atoms with van der Waals surface area (Å²) in [7, 11) is -4.01. The SMILES string of the molecule is O=C(O)C(F)(F)F.O=S(=O)(Nc1cscn1)c1cc(C2CC2)c(N[C@H]2CCNC2)cc1F. The van der Waals surface area contributed by atoms with Crippen LogP contribution >= 0.6 is 11.3 Å². The van der Waals surface area contributed by atoms with Crippen LogP contribution in [0.15, 0.2) is 27.9 Å². The zero-order chi connectivity index (χ0) is 23.5. The maximum atomic E-state index is 14.6. The molecule has 1 aliphatic heterocycles. The molecule has 4 rings (SSSR count). The fraction of sp³-hybridized carbons (Fsp3) is 0.444. The first-order valence-electron chi connectivity index (χ1n) is 9.49. The molecule has 32 heavy (non-hydrogen) atoms. The highest BCUT2D eigenvalue weighted by Crippen LogP contribution is 2.45. The van der Waals surface area contributed by atoms with Gasteiger partial charge in [-0.05, 0) is 49.4 Å². The first-order chi connectivity index (χ1) is 15.0. The third-order valence-corrected chi connectivity index (χ3v) is 6.70. The van der Waals surface area contributed by atoms with E-state index in [1.165, 1.54) is 29.0 Å². The third kappa shape index (κ3) is 6.29. The molecule has 176 valence electrons. The van der Waals surface area contributed by atoms with E-state index in [0.717, 1.165) is 37.9 Å². The number of nitrogens with zero attached hydrogens (tertiary/aromatic N) is 1. The molecule has 1 aromatic heterocycles. The lowest BCUT2D eigenvalue weighted by Crippen LogP contribution is -2.23. The number of benzene rings is 1. The lowest BCUT2D eigenvalue weighted by atomic mass is 10.1. The Hall–Kier alpha value is -2.45. The fourth-order valence-corrected chi connectivity index (χ4v) is 4.74. The molecule has 1 aromatic carbocycles. The molecule has 1 aliphatic carbocycles. The van der Waals surface area contributed by atoms with Crippen LogP contribution in [-0.2, 0) is 14.8 Å². The molecule has 1 saturated heterocycles. The van der Waals surface area contributed by atoms with Gasteiger partial charge in [-0.3, -0.25) is 4.72 Å². The smallest absolute Gasteiger partial charge is 0.475 e. The first-order valence-corrected chi connectivity index (χ1v) is 11.9. The van der Waals surface area contributed by atoms with Gasteiger partial charge in [0.05, 0.1) is 5.51 Å². The van der Waals surface area contributed by atoms with Gasteiger partial charge in [0.25, 0.3) is 10.0 Å². The van der Waals surface area contributed by atoms with E-state index in [9.17, 15) is 26.0 Å². The normalized spacial score (nSPS) is 18.6. The lowest BCUT2D eigenvalue weighted by molar-refractivity contribution is -0.192. The predicted octanol–water partition coefficient (Wildman–Crippen LogP) is 3.37. The average Bonchev–Trinajstić information content (AvgIpc) is 3.16. The molecule has 0 spiro atoms. The average molecular weight is 497 g/mol. The van der Waals surface area contributed by atoms with Crippen molar-refractivity contribution in [3.63, 3.8) is 0 Å². The van der Waals surface area contributed by atoms with E-state index < -0.39 is 28.0 Å². The Balaban J connectivity index is 0.000000360. The topological polar surface area (TPSA) is 120 Å². The highest BCUT2D eigenvalue weighted by atomic mass is 32.2. The van der Waals surface area contributed by atoms with Crippen LogP contribution in [0.1, 0.15) is 30.7 Å². The number of carboxylic acid groups (broad SMARTS) is 1. The molecule has 0 unspecified atom stereocenters. The summed E-state index contributed by atoms with van der Waals surface area (Å²) in [4.78, 5) is 12.5. The molecule has 2 aromatic rings. The van der Waals surface area contributed by atoms with Gasteiger partial charge in [-0.2, -0.15) is 13.2 Å². The molecular weight excluding hydrogens is 476 g/mol. The van der Waals surface area contributed by atoms with Gasteiger partial charge in [-0.25, -0.2) is 22.6 Å². The molecule has 2 aliphatic rings. The second-order valence-corrected chi connectivity index (χ2v) is 9.63. The molecule has 0 bridgehead atoms. The summed E-state index contributed by atoms with van der Waals surface area (Å²) in [5, 5.41) is 15.3. The summed E-state index contributed by atoms with van der Waals surface area (Å²) in [6.45, 7) is 1.76. The number of thiazole rings is 1. The van der Waals surface area contributed by atoms with E-state index in [1.807, 2.05) is 0 Å². The maximum absolute atomic E-state index is 14.6. The highest BCUT2D eigenvalue weighted by molar-refractivity contribution is 7.92. The van der Waals surface area contributed by atoms with Crippen LogP contribution < -0.4 is 15.4 Å². The quantitative estimate of drug-likeness (QED) is 0.453. The number of halogens is 4. The summed E-state index contributed by atoms with van der Waals surface area (Å²) >= 11 is 1.27. The number of anilines is 2. The Bertz CT molecular complexity index is 1050. The summed E-state index contributed by atoms with van der Waals surface area (Å²) in [6, 6.07) is 3.04. The van der Waals surface area contributed by atoms with E-state index in [4.69, 9.17) is 9.90 Å². The van der Waals surface area contributed by atoms with Gasteiger partial charge in [-0.15, -0.1) is 11.3 Å². The third-order valence-electron chi connectivity index (χ3n) is 4.74. The molecule has 4 N–H and O–H groups in total. The number of hydrogen-bond donors (Lipinski definition) is 4. The molecule has 1 atom stereocenters. The number of nitrogens with one attached hydrogen (secondary N) is 3. The van der Waals surface area contributed by atoms with Crippen LogP contribution in [0.5, 0.6) is 0 Å². The number of hydrogen-bond acceptors (Lipinski definition) is 7. The maximum Gasteiger partial charge on any atom is 0.490 e. The van der Waals surface area contributed by atoms with Crippen LogP contribution in [0.2, 0.25) is 0 Å². The van der Waals surface area contributed by atoms with Crippen LogP contribution in [0.4, 0.5) is 29.1 Å². The van der Waals surface area contributed by atoms with Gasteiger partial charge < -0.3 is 15.7 Å². The second-order valence-electron chi connectivity index (χ2n) is 7.26. The number of carbonyl (C=O) groups is 1. The Morgan fingerprint density at radius 1 is 1.25 bits per heavy atom. The van der Waals surface area contributed by atoms with Crippen molar-refractivity contribution in [3.8, 4) is 0 Å². The van der Waals surface area contributed by atoms with E-state index in [2.05, 4.69) is 20.3 Å². The number of aliphatic carboxylic acids is 1. The van der Waals surface area contributed by atoms with Crippen molar-refractivity contribution in [1.29, 1.82) is 0 Å². The van der Waals surface area contributed by atoms with Crippen LogP contribution in [0.3, 0.4) is 0 Å². The predicted molar refractivity (Wildman–Crippen MR) is 110 cm³/mol. The minimum Gasteiger partial charge on any atom is -0.475 e. The molecule has 0 radical (unpaired) electrons. The molecule has 14 heteroatoms. The van der Waals surface area contributed by atoms with Crippen LogP contribution in [0, 0.1) is 5.82 Å². The second kappa shape index (κ2) is 9.58. The number of aromatic nitrogens is 1. The number of alkyl halides is 3. The molecule has 8 nitrogen and oxygen atoms in total. The zero-order valence-corrected chi connectivity index (χ0v) is 18.1. The summed E-state index contributed by atoms with van der Waals surface area (Å²) in [5.41, 5.74) is 3.11. The largest absolute Gasteiger partial charge is 0.490 e. The van der Waals surface area contributed by atoms with Crippen LogP contribution in [0.25, 0.3) is 0 Å². The number of rotatable bonds is 6. The Morgan fingerprint density at radius 3 is 2.44 bits per heavy atom. The molecule has 2 heterocycles. The van der Waals surface area contributed by atoms with Crippen molar-refractivity contribution in [1.82, 2.24) is 10.3 Å². The van der Waals surface area contributed by atoms with Crippen molar-refractivity contribution >= 4 is 38.8 Å².